The molecule has 2 aromatic carbocycles. The van der Waals surface area contributed by atoms with E-state index in [4.69, 9.17) is 4.42 Å². The Labute approximate surface area is 153 Å². The Kier molecular flexibility index (Phi) is 4.91. The summed E-state index contributed by atoms with van der Waals surface area (Å²) >= 11 is 0. The molecule has 2 N–H and O–H groups in total. The Bertz CT molecular complexity index is 864. The zero-order valence-corrected chi connectivity index (χ0v) is 14.8. The fourth-order valence-electron chi connectivity index (χ4n) is 3.71. The molecule has 0 spiro atoms. The first kappa shape index (κ1) is 16.7. The first-order chi connectivity index (χ1) is 12.8. The number of carbonyl (C=O) groups excluding carboxylic acids is 1. The van der Waals surface area contributed by atoms with E-state index in [0.717, 1.165) is 43.2 Å². The van der Waals surface area contributed by atoms with E-state index in [2.05, 4.69) is 34.9 Å². The lowest BCUT2D eigenvalue weighted by molar-refractivity contribution is 0.0923. The lowest BCUT2D eigenvalue weighted by atomic mass is 9.86. The van der Waals surface area contributed by atoms with Crippen LogP contribution >= 0.6 is 0 Å². The molecule has 1 amide bonds. The standard InChI is InChI=1S/C22H24N2O2/c25-22(18-8-11-21-17(14-18)12-13-26-21)24-20-9-6-16(7-10-20)15-23-19-4-2-1-3-5-19/h1-5,8,11-14,16,20,23H,6-7,9-10,15H2,(H,24,25). The lowest BCUT2D eigenvalue weighted by Gasteiger charge is -2.29. The number of amides is 1. The van der Waals surface area contributed by atoms with Crippen molar-refractivity contribution in [1.82, 2.24) is 5.32 Å². The Morgan fingerprint density at radius 2 is 1.81 bits per heavy atom. The van der Waals surface area contributed by atoms with Gasteiger partial charge in [-0.05, 0) is 68.0 Å². The fourth-order valence-corrected chi connectivity index (χ4v) is 3.71. The van der Waals surface area contributed by atoms with Crippen LogP contribution in [0.3, 0.4) is 0 Å². The maximum atomic E-state index is 12.5. The van der Waals surface area contributed by atoms with E-state index in [1.54, 1.807) is 6.26 Å². The van der Waals surface area contributed by atoms with Crippen LogP contribution < -0.4 is 10.6 Å². The van der Waals surface area contributed by atoms with Crippen molar-refractivity contribution in [2.75, 3.05) is 11.9 Å². The van der Waals surface area contributed by atoms with Crippen LogP contribution in [0.15, 0.2) is 65.3 Å². The SMILES string of the molecule is O=C(NC1CCC(CNc2ccccc2)CC1)c1ccc2occc2c1. The zero-order chi connectivity index (χ0) is 17.8. The van der Waals surface area contributed by atoms with Crippen LogP contribution in [-0.4, -0.2) is 18.5 Å². The van der Waals surface area contributed by atoms with E-state index in [-0.39, 0.29) is 11.9 Å². The number of hydrogen-bond acceptors (Lipinski definition) is 3. The third kappa shape index (κ3) is 3.90. The molecule has 0 unspecified atom stereocenters. The molecule has 0 atom stereocenters. The number of benzene rings is 2. The average Bonchev–Trinajstić information content (AvgIpc) is 3.16. The van der Waals surface area contributed by atoms with Crippen LogP contribution in [0.25, 0.3) is 11.0 Å². The van der Waals surface area contributed by atoms with Crippen molar-refractivity contribution in [2.24, 2.45) is 5.92 Å². The second kappa shape index (κ2) is 7.65. The van der Waals surface area contributed by atoms with Crippen molar-refractivity contribution in [2.45, 2.75) is 31.7 Å². The van der Waals surface area contributed by atoms with Gasteiger partial charge in [0, 0.05) is 29.2 Å². The third-order valence-corrected chi connectivity index (χ3v) is 5.27. The molecular weight excluding hydrogens is 324 g/mol. The van der Waals surface area contributed by atoms with Gasteiger partial charge in [-0.1, -0.05) is 18.2 Å². The predicted molar refractivity (Wildman–Crippen MR) is 104 cm³/mol. The van der Waals surface area contributed by atoms with Gasteiger partial charge >= 0.3 is 0 Å². The van der Waals surface area contributed by atoms with E-state index >= 15 is 0 Å². The number of nitrogens with one attached hydrogen (secondary N) is 2. The highest BCUT2D eigenvalue weighted by molar-refractivity contribution is 5.97. The lowest BCUT2D eigenvalue weighted by Crippen LogP contribution is -2.38. The number of fused-ring (bicyclic) bond motifs is 1. The molecule has 3 aromatic rings. The number of carbonyl (C=O) groups is 1. The summed E-state index contributed by atoms with van der Waals surface area (Å²) < 4.78 is 5.33. The highest BCUT2D eigenvalue weighted by Gasteiger charge is 2.22. The molecule has 0 bridgehead atoms. The van der Waals surface area contributed by atoms with Gasteiger partial charge in [0.25, 0.3) is 5.91 Å². The molecule has 1 aliphatic carbocycles. The highest BCUT2D eigenvalue weighted by Crippen LogP contribution is 2.25. The minimum Gasteiger partial charge on any atom is -0.464 e. The summed E-state index contributed by atoms with van der Waals surface area (Å²) in [6.07, 6.45) is 6.02. The molecule has 1 aromatic heterocycles. The smallest absolute Gasteiger partial charge is 0.251 e. The summed E-state index contributed by atoms with van der Waals surface area (Å²) in [5.74, 6) is 0.685. The molecule has 0 saturated heterocycles. The second-order valence-corrected chi connectivity index (χ2v) is 7.11. The van der Waals surface area contributed by atoms with Crippen LogP contribution in [0, 0.1) is 5.92 Å². The summed E-state index contributed by atoms with van der Waals surface area (Å²) in [7, 11) is 0. The van der Waals surface area contributed by atoms with Crippen LogP contribution in [-0.2, 0) is 0 Å². The van der Waals surface area contributed by atoms with Crippen molar-refractivity contribution in [3.05, 3.63) is 66.4 Å². The third-order valence-electron chi connectivity index (χ3n) is 5.27. The van der Waals surface area contributed by atoms with E-state index in [9.17, 15) is 4.79 Å². The van der Waals surface area contributed by atoms with Crippen molar-refractivity contribution in [3.8, 4) is 0 Å². The number of furan rings is 1. The first-order valence-electron chi connectivity index (χ1n) is 9.35. The Morgan fingerprint density at radius 1 is 1.00 bits per heavy atom. The van der Waals surface area contributed by atoms with Crippen molar-refractivity contribution in [1.29, 1.82) is 0 Å². The second-order valence-electron chi connectivity index (χ2n) is 7.11. The maximum absolute atomic E-state index is 12.5. The molecule has 26 heavy (non-hydrogen) atoms. The van der Waals surface area contributed by atoms with Crippen LogP contribution in [0.1, 0.15) is 36.0 Å². The Hall–Kier alpha value is -2.75. The molecular formula is C22H24N2O2. The molecule has 1 saturated carbocycles. The van der Waals surface area contributed by atoms with Gasteiger partial charge in [-0.2, -0.15) is 0 Å². The fraction of sp³-hybridized carbons (Fsp3) is 0.318. The predicted octanol–water partition coefficient (Wildman–Crippen LogP) is 4.83. The summed E-state index contributed by atoms with van der Waals surface area (Å²) in [5.41, 5.74) is 2.69. The van der Waals surface area contributed by atoms with Crippen molar-refractivity contribution < 1.29 is 9.21 Å². The Morgan fingerprint density at radius 3 is 2.62 bits per heavy atom. The summed E-state index contributed by atoms with van der Waals surface area (Å²) in [5, 5.41) is 7.68. The summed E-state index contributed by atoms with van der Waals surface area (Å²) in [6.45, 7) is 1.00. The number of para-hydroxylation sites is 1. The first-order valence-corrected chi connectivity index (χ1v) is 9.35. The van der Waals surface area contributed by atoms with E-state index in [1.807, 2.05) is 30.3 Å². The monoisotopic (exact) mass is 348 g/mol. The van der Waals surface area contributed by atoms with Gasteiger partial charge in [0.15, 0.2) is 0 Å². The minimum atomic E-state index is 0.0129. The largest absolute Gasteiger partial charge is 0.464 e. The molecule has 1 heterocycles. The van der Waals surface area contributed by atoms with Crippen molar-refractivity contribution in [3.63, 3.8) is 0 Å². The van der Waals surface area contributed by atoms with Crippen LogP contribution in [0.5, 0.6) is 0 Å². The van der Waals surface area contributed by atoms with Gasteiger partial charge in [-0.3, -0.25) is 4.79 Å². The van der Waals surface area contributed by atoms with Gasteiger partial charge in [0.05, 0.1) is 6.26 Å². The van der Waals surface area contributed by atoms with Gasteiger partial charge < -0.3 is 15.1 Å². The zero-order valence-electron chi connectivity index (χ0n) is 14.8. The molecule has 4 rings (SSSR count). The Balaban J connectivity index is 1.26. The van der Waals surface area contributed by atoms with Gasteiger partial charge in [-0.15, -0.1) is 0 Å². The molecule has 0 aliphatic heterocycles. The molecule has 4 heteroatoms. The van der Waals surface area contributed by atoms with Crippen LogP contribution in [0.2, 0.25) is 0 Å². The summed E-state index contributed by atoms with van der Waals surface area (Å²) in [4.78, 5) is 12.5. The molecule has 0 radical (unpaired) electrons. The molecule has 4 nitrogen and oxygen atoms in total. The number of hydrogen-bond donors (Lipinski definition) is 2. The van der Waals surface area contributed by atoms with Crippen molar-refractivity contribution >= 4 is 22.6 Å². The van der Waals surface area contributed by atoms with E-state index in [1.165, 1.54) is 5.69 Å². The minimum absolute atomic E-state index is 0.0129. The molecule has 1 fully saturated rings. The quantitative estimate of drug-likeness (QED) is 0.694. The van der Waals surface area contributed by atoms with E-state index < -0.39 is 0 Å². The average molecular weight is 348 g/mol. The maximum Gasteiger partial charge on any atom is 0.251 e. The summed E-state index contributed by atoms with van der Waals surface area (Å²) in [6, 6.07) is 18.1. The number of anilines is 1. The van der Waals surface area contributed by atoms with Crippen LogP contribution in [0.4, 0.5) is 5.69 Å². The van der Waals surface area contributed by atoms with Gasteiger partial charge in [-0.25, -0.2) is 0 Å². The van der Waals surface area contributed by atoms with E-state index in [0.29, 0.717) is 11.5 Å². The van der Waals surface area contributed by atoms with Gasteiger partial charge in [0.2, 0.25) is 0 Å². The number of rotatable bonds is 5. The molecule has 1 aliphatic rings. The van der Waals surface area contributed by atoms with Gasteiger partial charge in [0.1, 0.15) is 5.58 Å². The topological polar surface area (TPSA) is 54.3 Å². The normalized spacial score (nSPS) is 20.0. The highest BCUT2D eigenvalue weighted by atomic mass is 16.3. The molecule has 134 valence electrons.